The highest BCUT2D eigenvalue weighted by atomic mass is 79.9. The fourth-order valence-corrected chi connectivity index (χ4v) is 2.05. The van der Waals surface area contributed by atoms with Gasteiger partial charge in [-0.1, -0.05) is 34.1 Å². The molecule has 4 heteroatoms. The van der Waals surface area contributed by atoms with E-state index in [-0.39, 0.29) is 5.82 Å². The van der Waals surface area contributed by atoms with E-state index in [1.54, 1.807) is 6.07 Å². The fraction of sp³-hybridized carbons (Fsp3) is 0.200. The van der Waals surface area contributed by atoms with Crippen LogP contribution in [0.4, 0.5) is 4.39 Å². The molecular formula is C15H15BrFNO. The molecule has 0 aliphatic carbocycles. The molecule has 0 amide bonds. The first-order chi connectivity index (χ1) is 9.19. The molecular weight excluding hydrogens is 309 g/mol. The summed E-state index contributed by atoms with van der Waals surface area (Å²) in [5.41, 5.74) is 8.41. The predicted molar refractivity (Wildman–Crippen MR) is 76.9 cm³/mol. The number of nitrogens with two attached hydrogens (primary N) is 1. The van der Waals surface area contributed by atoms with Crippen LogP contribution >= 0.6 is 15.9 Å². The minimum Gasteiger partial charge on any atom is -0.372 e. The van der Waals surface area contributed by atoms with E-state index < -0.39 is 0 Å². The fourth-order valence-electron chi connectivity index (χ4n) is 1.79. The summed E-state index contributed by atoms with van der Waals surface area (Å²) >= 11 is 3.38. The van der Waals surface area contributed by atoms with Gasteiger partial charge in [0.2, 0.25) is 0 Å². The van der Waals surface area contributed by atoms with E-state index >= 15 is 0 Å². The molecule has 0 unspecified atom stereocenters. The van der Waals surface area contributed by atoms with Crippen LogP contribution in [0.1, 0.15) is 16.7 Å². The Morgan fingerprint density at radius 1 is 1.00 bits per heavy atom. The molecule has 2 N–H and O–H groups in total. The van der Waals surface area contributed by atoms with Crippen LogP contribution in [0.25, 0.3) is 0 Å². The Hall–Kier alpha value is -1.23. The molecule has 100 valence electrons. The molecule has 2 aromatic carbocycles. The SMILES string of the molecule is NCc1ccc(F)cc1COCc1ccc(Br)cc1. The van der Waals surface area contributed by atoms with Gasteiger partial charge in [-0.2, -0.15) is 0 Å². The van der Waals surface area contributed by atoms with E-state index in [9.17, 15) is 4.39 Å². The van der Waals surface area contributed by atoms with Crippen molar-refractivity contribution in [3.05, 3.63) is 69.4 Å². The van der Waals surface area contributed by atoms with E-state index in [1.807, 2.05) is 24.3 Å². The monoisotopic (exact) mass is 323 g/mol. The molecule has 0 saturated heterocycles. The van der Waals surface area contributed by atoms with Crippen LogP contribution in [0.5, 0.6) is 0 Å². The Morgan fingerprint density at radius 2 is 1.74 bits per heavy atom. The first-order valence-corrected chi connectivity index (χ1v) is 6.78. The zero-order chi connectivity index (χ0) is 13.7. The van der Waals surface area contributed by atoms with Crippen molar-refractivity contribution in [2.45, 2.75) is 19.8 Å². The Morgan fingerprint density at radius 3 is 2.42 bits per heavy atom. The Balaban J connectivity index is 1.95. The summed E-state index contributed by atoms with van der Waals surface area (Å²) in [4.78, 5) is 0. The number of halogens is 2. The normalized spacial score (nSPS) is 10.7. The smallest absolute Gasteiger partial charge is 0.123 e. The van der Waals surface area contributed by atoms with E-state index in [1.165, 1.54) is 12.1 Å². The molecule has 0 heterocycles. The van der Waals surface area contributed by atoms with Crippen LogP contribution in [-0.2, 0) is 24.5 Å². The van der Waals surface area contributed by atoms with Gasteiger partial charge in [-0.3, -0.25) is 0 Å². The van der Waals surface area contributed by atoms with Gasteiger partial charge in [0.15, 0.2) is 0 Å². The second-order valence-corrected chi connectivity index (χ2v) is 5.15. The van der Waals surface area contributed by atoms with Crippen molar-refractivity contribution >= 4 is 15.9 Å². The third kappa shape index (κ3) is 4.13. The number of rotatable bonds is 5. The van der Waals surface area contributed by atoms with E-state index in [0.29, 0.717) is 19.8 Å². The largest absolute Gasteiger partial charge is 0.372 e. The summed E-state index contributed by atoms with van der Waals surface area (Å²) in [6.07, 6.45) is 0. The van der Waals surface area contributed by atoms with Gasteiger partial charge in [0, 0.05) is 11.0 Å². The maximum Gasteiger partial charge on any atom is 0.123 e. The van der Waals surface area contributed by atoms with Crippen molar-refractivity contribution in [3.63, 3.8) is 0 Å². The molecule has 0 atom stereocenters. The lowest BCUT2D eigenvalue weighted by molar-refractivity contribution is 0.106. The summed E-state index contributed by atoms with van der Waals surface area (Å²) in [5.74, 6) is -0.264. The van der Waals surface area contributed by atoms with Gasteiger partial charge in [-0.05, 0) is 41.0 Å². The summed E-state index contributed by atoms with van der Waals surface area (Å²) in [7, 11) is 0. The molecule has 0 saturated carbocycles. The molecule has 0 fully saturated rings. The highest BCUT2D eigenvalue weighted by Crippen LogP contribution is 2.15. The zero-order valence-electron chi connectivity index (χ0n) is 10.4. The van der Waals surface area contributed by atoms with Crippen molar-refractivity contribution in [2.75, 3.05) is 0 Å². The van der Waals surface area contributed by atoms with Crippen LogP contribution in [0, 0.1) is 5.82 Å². The second-order valence-electron chi connectivity index (χ2n) is 4.24. The molecule has 2 nitrogen and oxygen atoms in total. The quantitative estimate of drug-likeness (QED) is 0.909. The summed E-state index contributed by atoms with van der Waals surface area (Å²) in [6.45, 7) is 1.24. The van der Waals surface area contributed by atoms with E-state index in [4.69, 9.17) is 10.5 Å². The number of benzene rings is 2. The lowest BCUT2D eigenvalue weighted by Gasteiger charge is -2.09. The van der Waals surface area contributed by atoms with Crippen molar-refractivity contribution < 1.29 is 9.13 Å². The molecule has 0 aromatic heterocycles. The first-order valence-electron chi connectivity index (χ1n) is 5.98. The molecule has 2 aromatic rings. The highest BCUT2D eigenvalue weighted by molar-refractivity contribution is 9.10. The molecule has 2 rings (SSSR count). The van der Waals surface area contributed by atoms with Gasteiger partial charge in [0.1, 0.15) is 5.82 Å². The predicted octanol–water partition coefficient (Wildman–Crippen LogP) is 3.76. The minimum atomic E-state index is -0.264. The van der Waals surface area contributed by atoms with Crippen LogP contribution in [0.15, 0.2) is 46.9 Å². The van der Waals surface area contributed by atoms with Gasteiger partial charge < -0.3 is 10.5 Å². The van der Waals surface area contributed by atoms with Gasteiger partial charge in [0.25, 0.3) is 0 Å². The van der Waals surface area contributed by atoms with Crippen LogP contribution in [-0.4, -0.2) is 0 Å². The number of hydrogen-bond donors (Lipinski definition) is 1. The molecule has 0 aliphatic rings. The number of hydrogen-bond acceptors (Lipinski definition) is 2. The molecule has 0 spiro atoms. The van der Waals surface area contributed by atoms with Crippen LogP contribution in [0.3, 0.4) is 0 Å². The Bertz CT molecular complexity index is 542. The standard InChI is InChI=1S/C15H15BrFNO/c16-14-4-1-11(2-5-14)9-19-10-13-7-15(17)6-3-12(13)8-18/h1-7H,8-10,18H2. The molecule has 0 aliphatic heterocycles. The topological polar surface area (TPSA) is 35.2 Å². The maximum absolute atomic E-state index is 13.2. The third-order valence-electron chi connectivity index (χ3n) is 2.83. The lowest BCUT2D eigenvalue weighted by Crippen LogP contribution is -2.04. The maximum atomic E-state index is 13.2. The van der Waals surface area contributed by atoms with E-state index in [0.717, 1.165) is 21.2 Å². The molecule has 19 heavy (non-hydrogen) atoms. The van der Waals surface area contributed by atoms with Gasteiger partial charge in [-0.25, -0.2) is 4.39 Å². The molecule has 0 radical (unpaired) electrons. The third-order valence-corrected chi connectivity index (χ3v) is 3.36. The van der Waals surface area contributed by atoms with Crippen molar-refractivity contribution in [2.24, 2.45) is 5.73 Å². The first kappa shape index (κ1) is 14.2. The van der Waals surface area contributed by atoms with Crippen LogP contribution < -0.4 is 5.73 Å². The average Bonchev–Trinajstić information content (AvgIpc) is 2.41. The minimum absolute atomic E-state index is 0.264. The van der Waals surface area contributed by atoms with Gasteiger partial charge in [-0.15, -0.1) is 0 Å². The zero-order valence-corrected chi connectivity index (χ0v) is 12.0. The van der Waals surface area contributed by atoms with Crippen molar-refractivity contribution in [3.8, 4) is 0 Å². The van der Waals surface area contributed by atoms with Crippen molar-refractivity contribution in [1.82, 2.24) is 0 Å². The Kier molecular flexibility index (Phi) is 5.07. The average molecular weight is 324 g/mol. The molecule has 0 bridgehead atoms. The summed E-state index contributed by atoms with van der Waals surface area (Å²) < 4.78 is 19.8. The summed E-state index contributed by atoms with van der Waals surface area (Å²) in [5, 5.41) is 0. The van der Waals surface area contributed by atoms with Gasteiger partial charge >= 0.3 is 0 Å². The van der Waals surface area contributed by atoms with Crippen molar-refractivity contribution in [1.29, 1.82) is 0 Å². The Labute approximate surface area is 120 Å². The van der Waals surface area contributed by atoms with Crippen LogP contribution in [0.2, 0.25) is 0 Å². The highest BCUT2D eigenvalue weighted by Gasteiger charge is 2.03. The number of ether oxygens (including phenoxy) is 1. The lowest BCUT2D eigenvalue weighted by atomic mass is 10.1. The second kappa shape index (κ2) is 6.80. The van der Waals surface area contributed by atoms with E-state index in [2.05, 4.69) is 15.9 Å². The van der Waals surface area contributed by atoms with Gasteiger partial charge in [0.05, 0.1) is 13.2 Å². The summed E-state index contributed by atoms with van der Waals surface area (Å²) in [6, 6.07) is 12.5.